The van der Waals surface area contributed by atoms with Gasteiger partial charge in [0.2, 0.25) is 0 Å². The van der Waals surface area contributed by atoms with E-state index in [0.717, 1.165) is 32.4 Å². The highest BCUT2D eigenvalue weighted by atomic mass is 16.4. The van der Waals surface area contributed by atoms with Crippen molar-refractivity contribution < 1.29 is 14.7 Å². The second-order valence-electron chi connectivity index (χ2n) is 5.43. The van der Waals surface area contributed by atoms with E-state index in [1.54, 1.807) is 4.90 Å². The van der Waals surface area contributed by atoms with Crippen molar-refractivity contribution in [1.82, 2.24) is 10.2 Å². The van der Waals surface area contributed by atoms with Crippen molar-refractivity contribution in [2.75, 3.05) is 13.1 Å². The number of carboxylic acid groups (broad SMARTS) is 1. The lowest BCUT2D eigenvalue weighted by Gasteiger charge is -2.23. The van der Waals surface area contributed by atoms with E-state index in [1.807, 2.05) is 0 Å². The zero-order valence-corrected chi connectivity index (χ0v) is 11.5. The molecule has 5 nitrogen and oxygen atoms in total. The summed E-state index contributed by atoms with van der Waals surface area (Å²) in [6.45, 7) is 7.36. The maximum atomic E-state index is 11.9. The van der Waals surface area contributed by atoms with Gasteiger partial charge in [0, 0.05) is 13.1 Å². The molecule has 1 unspecified atom stereocenters. The number of carbonyl (C=O) groups is 2. The zero-order valence-electron chi connectivity index (χ0n) is 11.5. The highest BCUT2D eigenvalue weighted by Crippen LogP contribution is 2.24. The summed E-state index contributed by atoms with van der Waals surface area (Å²) in [6.07, 6.45) is 3.15. The Kier molecular flexibility index (Phi) is 5.44. The highest BCUT2D eigenvalue weighted by Gasteiger charge is 2.24. The molecule has 2 amide bonds. The molecule has 5 heteroatoms. The second-order valence-corrected chi connectivity index (χ2v) is 5.43. The van der Waals surface area contributed by atoms with Crippen LogP contribution in [0.25, 0.3) is 0 Å². The summed E-state index contributed by atoms with van der Waals surface area (Å²) in [5, 5.41) is 11.3. The first-order chi connectivity index (χ1) is 8.41. The number of likely N-dealkylation sites (tertiary alicyclic amines) is 1. The molecule has 0 saturated carbocycles. The molecule has 2 atom stereocenters. The molecule has 1 rings (SSSR count). The molecule has 0 aromatic rings. The van der Waals surface area contributed by atoms with Crippen LogP contribution in [0.4, 0.5) is 4.79 Å². The Balaban J connectivity index is 2.47. The lowest BCUT2D eigenvalue weighted by Crippen LogP contribution is -2.47. The molecule has 0 aromatic heterocycles. The van der Waals surface area contributed by atoms with Gasteiger partial charge in [-0.1, -0.05) is 13.8 Å². The van der Waals surface area contributed by atoms with Crippen molar-refractivity contribution in [3.63, 3.8) is 0 Å². The fourth-order valence-electron chi connectivity index (χ4n) is 2.33. The van der Waals surface area contributed by atoms with E-state index in [0.29, 0.717) is 11.8 Å². The monoisotopic (exact) mass is 256 g/mol. The van der Waals surface area contributed by atoms with Crippen LogP contribution in [0.15, 0.2) is 0 Å². The number of aliphatic carboxylic acids is 1. The fraction of sp³-hybridized carbons (Fsp3) is 0.846. The molecule has 0 radical (unpaired) electrons. The molecular weight excluding hydrogens is 232 g/mol. The Morgan fingerprint density at radius 1 is 1.22 bits per heavy atom. The van der Waals surface area contributed by atoms with Gasteiger partial charge in [-0.25, -0.2) is 4.79 Å². The summed E-state index contributed by atoms with van der Waals surface area (Å²) in [5.74, 6) is 0.309. The zero-order chi connectivity index (χ0) is 13.7. The number of nitrogens with one attached hydrogen (secondary N) is 1. The van der Waals surface area contributed by atoms with Gasteiger partial charge in [0.15, 0.2) is 0 Å². The molecule has 0 aromatic carbocycles. The largest absolute Gasteiger partial charge is 0.480 e. The third-order valence-corrected chi connectivity index (χ3v) is 3.71. The first-order valence-corrected chi connectivity index (χ1v) is 6.70. The van der Waals surface area contributed by atoms with Crippen molar-refractivity contribution in [2.24, 2.45) is 11.8 Å². The molecule has 0 spiro atoms. The molecule has 1 heterocycles. The van der Waals surface area contributed by atoms with Crippen LogP contribution in [0.1, 0.15) is 40.0 Å². The molecule has 104 valence electrons. The number of amides is 2. The van der Waals surface area contributed by atoms with E-state index < -0.39 is 12.0 Å². The number of hydrogen-bond acceptors (Lipinski definition) is 2. The van der Waals surface area contributed by atoms with Crippen LogP contribution in [0.5, 0.6) is 0 Å². The van der Waals surface area contributed by atoms with E-state index in [1.165, 1.54) is 6.92 Å². The van der Waals surface area contributed by atoms with Gasteiger partial charge in [-0.15, -0.1) is 0 Å². The minimum atomic E-state index is -1.00. The third kappa shape index (κ3) is 4.20. The van der Waals surface area contributed by atoms with Crippen molar-refractivity contribution in [2.45, 2.75) is 46.1 Å². The molecular formula is C13H24N2O3. The summed E-state index contributed by atoms with van der Waals surface area (Å²) in [4.78, 5) is 24.3. The molecule has 1 aliphatic heterocycles. The van der Waals surface area contributed by atoms with E-state index in [9.17, 15) is 9.59 Å². The maximum absolute atomic E-state index is 11.9. The summed E-state index contributed by atoms with van der Waals surface area (Å²) >= 11 is 0. The smallest absolute Gasteiger partial charge is 0.325 e. The maximum Gasteiger partial charge on any atom is 0.325 e. The minimum Gasteiger partial charge on any atom is -0.480 e. The van der Waals surface area contributed by atoms with E-state index in [4.69, 9.17) is 5.11 Å². The molecule has 2 N–H and O–H groups in total. The Morgan fingerprint density at radius 2 is 1.89 bits per heavy atom. The van der Waals surface area contributed by atoms with E-state index >= 15 is 0 Å². The van der Waals surface area contributed by atoms with Gasteiger partial charge < -0.3 is 15.3 Å². The number of hydrogen-bond donors (Lipinski definition) is 2. The summed E-state index contributed by atoms with van der Waals surface area (Å²) in [7, 11) is 0. The van der Waals surface area contributed by atoms with Crippen molar-refractivity contribution in [3.05, 3.63) is 0 Å². The van der Waals surface area contributed by atoms with Crippen molar-refractivity contribution in [1.29, 1.82) is 0 Å². The van der Waals surface area contributed by atoms with E-state index in [-0.39, 0.29) is 6.03 Å². The average Bonchev–Trinajstić information content (AvgIpc) is 2.53. The number of nitrogens with zero attached hydrogens (tertiary/aromatic N) is 1. The van der Waals surface area contributed by atoms with Crippen molar-refractivity contribution in [3.8, 4) is 0 Å². The van der Waals surface area contributed by atoms with Crippen LogP contribution < -0.4 is 5.32 Å². The van der Waals surface area contributed by atoms with Crippen LogP contribution in [0, 0.1) is 11.8 Å². The van der Waals surface area contributed by atoms with Crippen LogP contribution >= 0.6 is 0 Å². The standard InChI is InChI=1S/C13H24N2O3/c1-9(2)11-5-4-7-15(8-6-11)13(18)14-10(3)12(16)17/h9-11H,4-8H2,1-3H3,(H,14,18)(H,16,17)/t10-,11?/m1/s1. The summed E-state index contributed by atoms with van der Waals surface area (Å²) in [6, 6.07) is -1.09. The SMILES string of the molecule is CC(C)C1CCCN(C(=O)N[C@H](C)C(=O)O)CC1. The molecule has 0 aliphatic carbocycles. The van der Waals surface area contributed by atoms with Gasteiger partial charge in [0.25, 0.3) is 0 Å². The predicted molar refractivity (Wildman–Crippen MR) is 69.4 cm³/mol. The summed E-state index contributed by atoms with van der Waals surface area (Å²) in [5.41, 5.74) is 0. The average molecular weight is 256 g/mol. The Hall–Kier alpha value is -1.26. The predicted octanol–water partition coefficient (Wildman–Crippen LogP) is 1.93. The Labute approximate surface area is 109 Å². The lowest BCUT2D eigenvalue weighted by molar-refractivity contribution is -0.138. The van der Waals surface area contributed by atoms with Gasteiger partial charge >= 0.3 is 12.0 Å². The van der Waals surface area contributed by atoms with Gasteiger partial charge in [-0.05, 0) is 38.0 Å². The van der Waals surface area contributed by atoms with Gasteiger partial charge in [-0.2, -0.15) is 0 Å². The lowest BCUT2D eigenvalue weighted by atomic mass is 9.89. The third-order valence-electron chi connectivity index (χ3n) is 3.71. The highest BCUT2D eigenvalue weighted by molar-refractivity contribution is 5.82. The van der Waals surface area contributed by atoms with Crippen LogP contribution in [-0.4, -0.2) is 41.1 Å². The molecule has 1 saturated heterocycles. The molecule has 0 bridgehead atoms. The minimum absolute atomic E-state index is 0.255. The van der Waals surface area contributed by atoms with E-state index in [2.05, 4.69) is 19.2 Å². The number of carbonyl (C=O) groups excluding carboxylic acids is 1. The molecule has 1 fully saturated rings. The quantitative estimate of drug-likeness (QED) is 0.810. The second kappa shape index (κ2) is 6.61. The van der Waals surface area contributed by atoms with Gasteiger partial charge in [0.05, 0.1) is 0 Å². The normalized spacial score (nSPS) is 22.4. The van der Waals surface area contributed by atoms with Crippen LogP contribution in [0.2, 0.25) is 0 Å². The van der Waals surface area contributed by atoms with Crippen LogP contribution in [0.3, 0.4) is 0 Å². The number of urea groups is 1. The van der Waals surface area contributed by atoms with Gasteiger partial charge in [-0.3, -0.25) is 4.79 Å². The van der Waals surface area contributed by atoms with Crippen molar-refractivity contribution >= 4 is 12.0 Å². The van der Waals surface area contributed by atoms with Gasteiger partial charge in [0.1, 0.15) is 6.04 Å². The summed E-state index contributed by atoms with van der Waals surface area (Å²) < 4.78 is 0. The van der Waals surface area contributed by atoms with Crippen LogP contribution in [-0.2, 0) is 4.79 Å². The Morgan fingerprint density at radius 3 is 2.44 bits per heavy atom. The Bertz CT molecular complexity index is 305. The first kappa shape index (κ1) is 14.8. The molecule has 18 heavy (non-hydrogen) atoms. The topological polar surface area (TPSA) is 69.6 Å². The first-order valence-electron chi connectivity index (χ1n) is 6.70. The number of rotatable bonds is 3. The molecule has 1 aliphatic rings. The number of carboxylic acids is 1. The fourth-order valence-corrected chi connectivity index (χ4v) is 2.33.